The highest BCUT2D eigenvalue weighted by atomic mass is 32.2. The lowest BCUT2D eigenvalue weighted by atomic mass is 10.2. The molecule has 0 aliphatic carbocycles. The van der Waals surface area contributed by atoms with Gasteiger partial charge in [0.2, 0.25) is 15.7 Å². The molecule has 0 aliphatic heterocycles. The van der Waals surface area contributed by atoms with Crippen molar-refractivity contribution in [2.75, 3.05) is 13.1 Å². The number of benzene rings is 1. The number of carbonyl (C=O) groups excluding carboxylic acids is 1. The Hall–Kier alpha value is -2.42. The van der Waals surface area contributed by atoms with E-state index in [0.717, 1.165) is 25.7 Å². The van der Waals surface area contributed by atoms with Crippen LogP contribution in [0.2, 0.25) is 0 Å². The standard InChI is InChI=1S/C18H26N4O4S/c1-2-12-19-17(23)20-13-8-4-7-11-16-21-22-18(26-16)27(24,25)14-15-9-5-3-6-10-15/h3,5-6,9-10H,2,4,7-8,11-14H2,1H3,(H2,19,20,23). The second-order valence-electron chi connectivity index (χ2n) is 6.20. The van der Waals surface area contributed by atoms with E-state index in [1.165, 1.54) is 0 Å². The van der Waals surface area contributed by atoms with Crippen molar-refractivity contribution in [1.29, 1.82) is 0 Å². The summed E-state index contributed by atoms with van der Waals surface area (Å²) in [5.41, 5.74) is 0.674. The number of sulfone groups is 1. The van der Waals surface area contributed by atoms with Gasteiger partial charge in [0, 0.05) is 19.5 Å². The Balaban J connectivity index is 1.70. The van der Waals surface area contributed by atoms with Crippen LogP contribution in [-0.4, -0.2) is 37.7 Å². The number of carbonyl (C=O) groups is 1. The zero-order chi connectivity index (χ0) is 19.5. The van der Waals surface area contributed by atoms with Gasteiger partial charge in [0.15, 0.2) is 0 Å². The van der Waals surface area contributed by atoms with E-state index in [1.807, 2.05) is 13.0 Å². The molecule has 148 valence electrons. The van der Waals surface area contributed by atoms with Crippen molar-refractivity contribution < 1.29 is 17.6 Å². The summed E-state index contributed by atoms with van der Waals surface area (Å²) in [7, 11) is -3.64. The minimum atomic E-state index is -3.64. The molecule has 1 aromatic heterocycles. The van der Waals surface area contributed by atoms with Crippen molar-refractivity contribution in [3.63, 3.8) is 0 Å². The second kappa shape index (κ2) is 10.7. The first-order chi connectivity index (χ1) is 13.0. The summed E-state index contributed by atoms with van der Waals surface area (Å²) in [6.07, 6.45) is 3.88. The van der Waals surface area contributed by atoms with E-state index < -0.39 is 9.84 Å². The molecule has 0 radical (unpaired) electrons. The number of unbranched alkanes of at least 4 members (excludes halogenated alkanes) is 2. The van der Waals surface area contributed by atoms with Crippen LogP contribution in [-0.2, 0) is 22.0 Å². The summed E-state index contributed by atoms with van der Waals surface area (Å²) in [6.45, 7) is 3.25. The molecule has 0 atom stereocenters. The van der Waals surface area contributed by atoms with Gasteiger partial charge < -0.3 is 15.1 Å². The van der Waals surface area contributed by atoms with Crippen LogP contribution in [0.15, 0.2) is 40.0 Å². The third-order valence-corrected chi connectivity index (χ3v) is 5.21. The van der Waals surface area contributed by atoms with Gasteiger partial charge in [0.05, 0.1) is 5.75 Å². The zero-order valence-electron chi connectivity index (χ0n) is 15.5. The minimum Gasteiger partial charge on any atom is -0.413 e. The molecular formula is C18H26N4O4S. The van der Waals surface area contributed by atoms with E-state index in [1.54, 1.807) is 24.3 Å². The Labute approximate surface area is 159 Å². The number of rotatable bonds is 11. The molecule has 0 saturated carbocycles. The third kappa shape index (κ3) is 7.38. The lowest BCUT2D eigenvalue weighted by Gasteiger charge is -2.05. The van der Waals surface area contributed by atoms with Crippen LogP contribution in [0, 0.1) is 0 Å². The van der Waals surface area contributed by atoms with Gasteiger partial charge in [-0.1, -0.05) is 48.8 Å². The number of aryl methyl sites for hydroxylation is 1. The SMILES string of the molecule is CCCNC(=O)NCCCCCc1nnc(S(=O)(=O)Cc2ccccc2)o1. The number of hydrogen-bond acceptors (Lipinski definition) is 6. The molecule has 0 aliphatic rings. The van der Waals surface area contributed by atoms with Gasteiger partial charge in [-0.2, -0.15) is 0 Å². The van der Waals surface area contributed by atoms with Crippen molar-refractivity contribution in [2.45, 2.75) is 50.0 Å². The molecule has 9 heteroatoms. The molecule has 0 fully saturated rings. The highest BCUT2D eigenvalue weighted by Crippen LogP contribution is 2.16. The van der Waals surface area contributed by atoms with Crippen molar-refractivity contribution in [2.24, 2.45) is 0 Å². The molecule has 2 rings (SSSR count). The van der Waals surface area contributed by atoms with Crippen LogP contribution < -0.4 is 10.6 Å². The normalized spacial score (nSPS) is 11.3. The first-order valence-corrected chi connectivity index (χ1v) is 10.8. The van der Waals surface area contributed by atoms with Crippen LogP contribution in [0.25, 0.3) is 0 Å². The highest BCUT2D eigenvalue weighted by Gasteiger charge is 2.22. The fraction of sp³-hybridized carbons (Fsp3) is 0.500. The van der Waals surface area contributed by atoms with Crippen LogP contribution in [0.3, 0.4) is 0 Å². The Morgan fingerprint density at radius 3 is 2.52 bits per heavy atom. The monoisotopic (exact) mass is 394 g/mol. The van der Waals surface area contributed by atoms with E-state index in [0.29, 0.717) is 31.0 Å². The largest absolute Gasteiger partial charge is 0.413 e. The van der Waals surface area contributed by atoms with E-state index in [4.69, 9.17) is 4.42 Å². The van der Waals surface area contributed by atoms with Crippen molar-refractivity contribution in [3.05, 3.63) is 41.8 Å². The summed E-state index contributed by atoms with van der Waals surface area (Å²) in [5.74, 6) is 0.150. The van der Waals surface area contributed by atoms with Crippen molar-refractivity contribution in [1.82, 2.24) is 20.8 Å². The summed E-state index contributed by atoms with van der Waals surface area (Å²) >= 11 is 0. The van der Waals surface area contributed by atoms with Crippen LogP contribution >= 0.6 is 0 Å². The molecule has 2 amide bonds. The summed E-state index contributed by atoms with van der Waals surface area (Å²) in [6, 6.07) is 8.73. The number of aromatic nitrogens is 2. The number of urea groups is 1. The summed E-state index contributed by atoms with van der Waals surface area (Å²) in [5, 5.41) is 12.7. The average molecular weight is 394 g/mol. The van der Waals surface area contributed by atoms with E-state index in [9.17, 15) is 13.2 Å². The van der Waals surface area contributed by atoms with Gasteiger partial charge in [-0.05, 0) is 24.8 Å². The van der Waals surface area contributed by atoms with E-state index in [-0.39, 0.29) is 17.0 Å². The second-order valence-corrected chi connectivity index (χ2v) is 8.07. The van der Waals surface area contributed by atoms with Crippen molar-refractivity contribution in [3.8, 4) is 0 Å². The number of hydrogen-bond donors (Lipinski definition) is 2. The van der Waals surface area contributed by atoms with Gasteiger partial charge in [-0.15, -0.1) is 5.10 Å². The lowest BCUT2D eigenvalue weighted by Crippen LogP contribution is -2.36. The first kappa shape index (κ1) is 20.9. The van der Waals surface area contributed by atoms with Crippen LogP contribution in [0.1, 0.15) is 44.1 Å². The Kier molecular flexibility index (Phi) is 8.25. The Morgan fingerprint density at radius 1 is 1.04 bits per heavy atom. The van der Waals surface area contributed by atoms with Gasteiger partial charge >= 0.3 is 11.3 Å². The number of amides is 2. The molecule has 0 saturated heterocycles. The molecule has 0 spiro atoms. The van der Waals surface area contributed by atoms with Crippen LogP contribution in [0.4, 0.5) is 4.79 Å². The molecule has 27 heavy (non-hydrogen) atoms. The summed E-state index contributed by atoms with van der Waals surface area (Å²) in [4.78, 5) is 11.4. The fourth-order valence-electron chi connectivity index (χ4n) is 2.40. The number of nitrogens with one attached hydrogen (secondary N) is 2. The predicted molar refractivity (Wildman–Crippen MR) is 101 cm³/mol. The van der Waals surface area contributed by atoms with Gasteiger partial charge in [-0.3, -0.25) is 0 Å². The Bertz CT molecular complexity index is 806. The molecule has 0 bridgehead atoms. The maximum atomic E-state index is 12.3. The maximum Gasteiger partial charge on any atom is 0.335 e. The molecule has 2 aromatic rings. The van der Waals surface area contributed by atoms with E-state index >= 15 is 0 Å². The number of nitrogens with zero attached hydrogens (tertiary/aromatic N) is 2. The van der Waals surface area contributed by atoms with E-state index in [2.05, 4.69) is 20.8 Å². The zero-order valence-corrected chi connectivity index (χ0v) is 16.3. The molecule has 0 unspecified atom stereocenters. The quantitative estimate of drug-likeness (QED) is 0.566. The van der Waals surface area contributed by atoms with Crippen LogP contribution in [0.5, 0.6) is 0 Å². The highest BCUT2D eigenvalue weighted by molar-refractivity contribution is 7.90. The van der Waals surface area contributed by atoms with Gasteiger partial charge in [-0.25, -0.2) is 13.2 Å². The molecule has 1 aromatic carbocycles. The first-order valence-electron chi connectivity index (χ1n) is 9.12. The molecule has 1 heterocycles. The fourth-order valence-corrected chi connectivity index (χ4v) is 3.54. The van der Waals surface area contributed by atoms with Gasteiger partial charge in [0.25, 0.3) is 0 Å². The van der Waals surface area contributed by atoms with Crippen molar-refractivity contribution >= 4 is 15.9 Å². The summed E-state index contributed by atoms with van der Waals surface area (Å²) < 4.78 is 30.0. The predicted octanol–water partition coefficient (Wildman–Crippen LogP) is 2.47. The topological polar surface area (TPSA) is 114 Å². The third-order valence-electron chi connectivity index (χ3n) is 3.80. The molecular weight excluding hydrogens is 368 g/mol. The smallest absolute Gasteiger partial charge is 0.335 e. The minimum absolute atomic E-state index is 0.151. The molecule has 2 N–H and O–H groups in total. The van der Waals surface area contributed by atoms with Gasteiger partial charge in [0.1, 0.15) is 0 Å². The average Bonchev–Trinajstić information content (AvgIpc) is 3.13. The maximum absolute atomic E-state index is 12.3. The Morgan fingerprint density at radius 2 is 1.78 bits per heavy atom. The molecule has 8 nitrogen and oxygen atoms in total. The lowest BCUT2D eigenvalue weighted by molar-refractivity contribution is 0.240.